The number of carbonyl (C=O) groups is 2. The second-order valence-electron chi connectivity index (χ2n) is 8.34. The molecule has 2 N–H and O–H groups in total. The largest absolute Gasteiger partial charge is 0.373 e. The van der Waals surface area contributed by atoms with Crippen LogP contribution in [0.2, 0.25) is 0 Å². The number of amides is 2. The second kappa shape index (κ2) is 9.85. The van der Waals surface area contributed by atoms with Crippen LogP contribution in [0.1, 0.15) is 31.4 Å². The molecule has 0 aromatic heterocycles. The van der Waals surface area contributed by atoms with Crippen LogP contribution in [0.3, 0.4) is 0 Å². The summed E-state index contributed by atoms with van der Waals surface area (Å²) < 4.78 is 5.80. The zero-order valence-electron chi connectivity index (χ0n) is 18.0. The van der Waals surface area contributed by atoms with Crippen molar-refractivity contribution in [3.05, 3.63) is 59.7 Å². The van der Waals surface area contributed by atoms with Gasteiger partial charge >= 0.3 is 0 Å². The van der Waals surface area contributed by atoms with Crippen molar-refractivity contribution in [3.8, 4) is 0 Å². The number of carbonyl (C=O) groups excluding carboxylic acids is 2. The molecule has 164 valence electrons. The molecular formula is C24H29N3O3S. The van der Waals surface area contributed by atoms with E-state index in [-0.39, 0.29) is 30.4 Å². The molecule has 6 nitrogen and oxygen atoms in total. The molecule has 3 unspecified atom stereocenters. The minimum absolute atomic E-state index is 0.116. The van der Waals surface area contributed by atoms with E-state index in [1.54, 1.807) is 0 Å². The van der Waals surface area contributed by atoms with Crippen LogP contribution in [0.5, 0.6) is 0 Å². The van der Waals surface area contributed by atoms with Crippen molar-refractivity contribution in [2.45, 2.75) is 55.7 Å². The van der Waals surface area contributed by atoms with E-state index in [0.717, 1.165) is 35.8 Å². The van der Waals surface area contributed by atoms with Crippen LogP contribution >= 0.6 is 11.8 Å². The number of morpholine rings is 1. The summed E-state index contributed by atoms with van der Waals surface area (Å²) in [5, 5.41) is 5.42. The molecule has 0 bridgehead atoms. The number of nitrogens with one attached hydrogen (secondary N) is 2. The molecule has 2 amide bonds. The van der Waals surface area contributed by atoms with Crippen LogP contribution in [0.25, 0.3) is 0 Å². The van der Waals surface area contributed by atoms with Crippen molar-refractivity contribution in [3.63, 3.8) is 0 Å². The number of anilines is 1. The molecule has 4 rings (SSSR count). The Kier molecular flexibility index (Phi) is 6.95. The quantitative estimate of drug-likeness (QED) is 0.722. The fourth-order valence-electron chi connectivity index (χ4n) is 4.10. The van der Waals surface area contributed by atoms with E-state index in [1.165, 1.54) is 17.3 Å². The average Bonchev–Trinajstić information content (AvgIpc) is 2.73. The van der Waals surface area contributed by atoms with E-state index < -0.39 is 5.25 Å². The number of nitrogens with zero attached hydrogens (tertiary/aromatic N) is 1. The molecule has 0 spiro atoms. The average molecular weight is 440 g/mol. The van der Waals surface area contributed by atoms with Gasteiger partial charge in [0.2, 0.25) is 11.8 Å². The fraction of sp³-hybridized carbons (Fsp3) is 0.417. The molecule has 2 aromatic carbocycles. The van der Waals surface area contributed by atoms with Gasteiger partial charge in [-0.3, -0.25) is 14.5 Å². The summed E-state index contributed by atoms with van der Waals surface area (Å²) in [6, 6.07) is 16.0. The zero-order valence-corrected chi connectivity index (χ0v) is 18.8. The Morgan fingerprint density at radius 1 is 1.10 bits per heavy atom. The summed E-state index contributed by atoms with van der Waals surface area (Å²) in [5.74, 6) is -0.234. The van der Waals surface area contributed by atoms with E-state index in [4.69, 9.17) is 4.74 Å². The highest BCUT2D eigenvalue weighted by Gasteiger charge is 2.28. The van der Waals surface area contributed by atoms with Crippen LogP contribution in [0.15, 0.2) is 53.4 Å². The van der Waals surface area contributed by atoms with Crippen molar-refractivity contribution in [1.82, 2.24) is 10.2 Å². The third-order valence-corrected chi connectivity index (χ3v) is 6.77. The van der Waals surface area contributed by atoms with Gasteiger partial charge in [-0.25, -0.2) is 0 Å². The number of para-hydroxylation sites is 1. The summed E-state index contributed by atoms with van der Waals surface area (Å²) in [7, 11) is 0. The number of ether oxygens (including phenoxy) is 1. The molecule has 2 heterocycles. The highest BCUT2D eigenvalue weighted by Crippen LogP contribution is 2.36. The first-order chi connectivity index (χ1) is 15.0. The molecule has 3 atom stereocenters. The van der Waals surface area contributed by atoms with Crippen LogP contribution < -0.4 is 10.6 Å². The van der Waals surface area contributed by atoms with E-state index in [9.17, 15) is 9.59 Å². The van der Waals surface area contributed by atoms with Gasteiger partial charge in [0.15, 0.2) is 0 Å². The lowest BCUT2D eigenvalue weighted by Crippen LogP contribution is -2.44. The van der Waals surface area contributed by atoms with Crippen LogP contribution in [0.4, 0.5) is 5.69 Å². The summed E-state index contributed by atoms with van der Waals surface area (Å²) in [6.07, 6.45) is 0.684. The minimum atomic E-state index is -0.407. The van der Waals surface area contributed by atoms with Gasteiger partial charge in [-0.15, -0.1) is 11.8 Å². The molecule has 2 aromatic rings. The maximum atomic E-state index is 12.4. The predicted molar refractivity (Wildman–Crippen MR) is 123 cm³/mol. The van der Waals surface area contributed by atoms with Gasteiger partial charge in [0.05, 0.1) is 23.1 Å². The maximum Gasteiger partial charge on any atom is 0.238 e. The normalized spacial score (nSPS) is 23.7. The predicted octanol–water partition coefficient (Wildman–Crippen LogP) is 3.42. The van der Waals surface area contributed by atoms with Gasteiger partial charge in [0.25, 0.3) is 0 Å². The van der Waals surface area contributed by atoms with Gasteiger partial charge in [-0.2, -0.15) is 0 Å². The topological polar surface area (TPSA) is 70.7 Å². The highest BCUT2D eigenvalue weighted by atomic mass is 32.2. The number of thioether (sulfide) groups is 1. The first-order valence-electron chi connectivity index (χ1n) is 10.7. The highest BCUT2D eigenvalue weighted by molar-refractivity contribution is 8.01. The molecule has 1 saturated heterocycles. The van der Waals surface area contributed by atoms with Gasteiger partial charge in [-0.05, 0) is 37.1 Å². The van der Waals surface area contributed by atoms with Crippen molar-refractivity contribution in [1.29, 1.82) is 0 Å². The molecule has 7 heteroatoms. The molecule has 2 aliphatic rings. The number of hydrogen-bond donors (Lipinski definition) is 2. The van der Waals surface area contributed by atoms with E-state index in [1.807, 2.05) is 24.3 Å². The Bertz CT molecular complexity index is 924. The Balaban J connectivity index is 1.25. The smallest absolute Gasteiger partial charge is 0.238 e. The molecule has 0 aliphatic carbocycles. The SMILES string of the molecule is CC1CN(Cc2ccc(CNC(=O)CC3Sc4ccccc4NC3=O)cc2)CC(C)O1. The second-order valence-corrected chi connectivity index (χ2v) is 9.59. The van der Waals surface area contributed by atoms with Crippen LogP contribution in [-0.2, 0) is 27.4 Å². The van der Waals surface area contributed by atoms with E-state index in [2.05, 4.69) is 53.6 Å². The van der Waals surface area contributed by atoms with Crippen molar-refractivity contribution < 1.29 is 14.3 Å². The molecule has 31 heavy (non-hydrogen) atoms. The summed E-state index contributed by atoms with van der Waals surface area (Å²) >= 11 is 1.45. The monoisotopic (exact) mass is 439 g/mol. The Labute approximate surface area is 187 Å². The third-order valence-electron chi connectivity index (χ3n) is 5.49. The molecule has 0 radical (unpaired) electrons. The molecule has 2 aliphatic heterocycles. The van der Waals surface area contributed by atoms with Crippen LogP contribution in [0, 0.1) is 0 Å². The van der Waals surface area contributed by atoms with Gasteiger partial charge in [-0.1, -0.05) is 36.4 Å². The van der Waals surface area contributed by atoms with E-state index in [0.29, 0.717) is 6.54 Å². The summed E-state index contributed by atoms with van der Waals surface area (Å²) in [4.78, 5) is 28.1. The standard InChI is InChI=1S/C24H29N3O3S/c1-16-13-27(14-17(2)30-16)15-19-9-7-18(8-10-19)12-25-23(28)11-22-24(29)26-20-5-3-4-6-21(20)31-22/h3-10,16-17,22H,11-15H2,1-2H3,(H,25,28)(H,26,29). The lowest BCUT2D eigenvalue weighted by Gasteiger charge is -2.35. The Morgan fingerprint density at radius 2 is 1.77 bits per heavy atom. The van der Waals surface area contributed by atoms with Gasteiger partial charge < -0.3 is 15.4 Å². The summed E-state index contributed by atoms with van der Waals surface area (Å²) in [6.45, 7) is 7.48. The lowest BCUT2D eigenvalue weighted by atomic mass is 10.1. The van der Waals surface area contributed by atoms with Crippen molar-refractivity contribution >= 4 is 29.3 Å². The molecular weight excluding hydrogens is 410 g/mol. The van der Waals surface area contributed by atoms with Gasteiger partial charge in [0, 0.05) is 37.5 Å². The third kappa shape index (κ3) is 5.87. The first kappa shape index (κ1) is 21.9. The Morgan fingerprint density at radius 3 is 2.52 bits per heavy atom. The van der Waals surface area contributed by atoms with Crippen molar-refractivity contribution in [2.24, 2.45) is 0 Å². The van der Waals surface area contributed by atoms with E-state index >= 15 is 0 Å². The maximum absolute atomic E-state index is 12.4. The molecule has 1 fully saturated rings. The number of benzene rings is 2. The minimum Gasteiger partial charge on any atom is -0.373 e. The Hall–Kier alpha value is -2.35. The van der Waals surface area contributed by atoms with Crippen LogP contribution in [-0.4, -0.2) is 47.3 Å². The first-order valence-corrected chi connectivity index (χ1v) is 11.6. The lowest BCUT2D eigenvalue weighted by molar-refractivity contribution is -0.124. The fourth-order valence-corrected chi connectivity index (χ4v) is 5.21. The number of fused-ring (bicyclic) bond motifs is 1. The molecule has 0 saturated carbocycles. The zero-order chi connectivity index (χ0) is 21.8. The summed E-state index contributed by atoms with van der Waals surface area (Å²) in [5.41, 5.74) is 3.12. The number of rotatable bonds is 6. The number of hydrogen-bond acceptors (Lipinski definition) is 5. The van der Waals surface area contributed by atoms with Crippen molar-refractivity contribution in [2.75, 3.05) is 18.4 Å². The van der Waals surface area contributed by atoms with Gasteiger partial charge in [0.1, 0.15) is 0 Å².